The number of benzene rings is 1. The summed E-state index contributed by atoms with van der Waals surface area (Å²) in [6.07, 6.45) is 0.627. The molecule has 106 valence electrons. The summed E-state index contributed by atoms with van der Waals surface area (Å²) in [7, 11) is -3.59. The van der Waals surface area contributed by atoms with E-state index in [-0.39, 0.29) is 4.21 Å². The van der Waals surface area contributed by atoms with Crippen molar-refractivity contribution in [1.29, 1.82) is 0 Å². The Morgan fingerprint density at radius 1 is 1.40 bits per heavy atom. The standard InChI is InChI=1S/C12H10BrClN2O2S2/c13-12-8(14)6-11(19-12)20(17,18)16-5-4-7-9(15)2-1-3-10(7)16/h1-3,6H,4-5,15H2. The molecule has 0 saturated heterocycles. The van der Waals surface area contributed by atoms with E-state index in [0.717, 1.165) is 16.9 Å². The zero-order valence-electron chi connectivity index (χ0n) is 10.1. The molecule has 0 atom stereocenters. The molecule has 0 aliphatic carbocycles. The Morgan fingerprint density at radius 2 is 2.15 bits per heavy atom. The largest absolute Gasteiger partial charge is 0.398 e. The summed E-state index contributed by atoms with van der Waals surface area (Å²) < 4.78 is 27.6. The number of nitrogens with two attached hydrogens (primary N) is 1. The molecule has 1 aliphatic heterocycles. The van der Waals surface area contributed by atoms with Crippen LogP contribution in [0.25, 0.3) is 0 Å². The highest BCUT2D eigenvalue weighted by molar-refractivity contribution is 9.11. The van der Waals surface area contributed by atoms with Crippen molar-refractivity contribution in [3.8, 4) is 0 Å². The van der Waals surface area contributed by atoms with Gasteiger partial charge in [0.05, 0.1) is 14.5 Å². The summed E-state index contributed by atoms with van der Waals surface area (Å²) in [5.74, 6) is 0. The van der Waals surface area contributed by atoms with Crippen LogP contribution in [0.1, 0.15) is 5.56 Å². The van der Waals surface area contributed by atoms with Gasteiger partial charge < -0.3 is 5.73 Å². The fraction of sp³-hybridized carbons (Fsp3) is 0.167. The predicted molar refractivity (Wildman–Crippen MR) is 86.1 cm³/mol. The Morgan fingerprint density at radius 3 is 2.80 bits per heavy atom. The van der Waals surface area contributed by atoms with Crippen LogP contribution in [0.15, 0.2) is 32.3 Å². The van der Waals surface area contributed by atoms with Crippen molar-refractivity contribution in [2.75, 3.05) is 16.6 Å². The van der Waals surface area contributed by atoms with Gasteiger partial charge in [-0.2, -0.15) is 0 Å². The Bertz CT molecular complexity index is 769. The number of anilines is 2. The molecule has 8 heteroatoms. The minimum atomic E-state index is -3.59. The van der Waals surface area contributed by atoms with Gasteiger partial charge in [-0.15, -0.1) is 11.3 Å². The number of nitrogen functional groups attached to an aromatic ring is 1. The van der Waals surface area contributed by atoms with Gasteiger partial charge in [0, 0.05) is 17.8 Å². The van der Waals surface area contributed by atoms with Crippen molar-refractivity contribution in [1.82, 2.24) is 0 Å². The highest BCUT2D eigenvalue weighted by Crippen LogP contribution is 2.40. The van der Waals surface area contributed by atoms with Gasteiger partial charge in [0.2, 0.25) is 0 Å². The van der Waals surface area contributed by atoms with Crippen molar-refractivity contribution in [3.63, 3.8) is 0 Å². The zero-order chi connectivity index (χ0) is 14.5. The fourth-order valence-corrected chi connectivity index (χ4v) is 6.25. The number of hydrogen-bond donors (Lipinski definition) is 1. The molecule has 0 fully saturated rings. The number of rotatable bonds is 2. The molecule has 0 saturated carbocycles. The molecule has 1 aliphatic rings. The summed E-state index contributed by atoms with van der Waals surface area (Å²) in [4.78, 5) is 0. The first-order valence-electron chi connectivity index (χ1n) is 5.76. The van der Waals surface area contributed by atoms with Gasteiger partial charge in [-0.05, 0) is 40.5 Å². The topological polar surface area (TPSA) is 63.4 Å². The lowest BCUT2D eigenvalue weighted by Crippen LogP contribution is -2.28. The smallest absolute Gasteiger partial charge is 0.273 e. The van der Waals surface area contributed by atoms with Crippen molar-refractivity contribution in [2.24, 2.45) is 0 Å². The summed E-state index contributed by atoms with van der Waals surface area (Å²) in [5, 5.41) is 0.403. The van der Waals surface area contributed by atoms with E-state index in [2.05, 4.69) is 15.9 Å². The molecule has 0 bridgehead atoms. The molecule has 0 radical (unpaired) electrons. The first-order chi connectivity index (χ1) is 9.41. The van der Waals surface area contributed by atoms with Crippen LogP contribution in [0.4, 0.5) is 11.4 Å². The Balaban J connectivity index is 2.09. The first kappa shape index (κ1) is 14.2. The van der Waals surface area contributed by atoms with E-state index in [1.54, 1.807) is 18.2 Å². The third-order valence-electron chi connectivity index (χ3n) is 3.19. The third kappa shape index (κ3) is 2.13. The summed E-state index contributed by atoms with van der Waals surface area (Å²) in [6, 6.07) is 6.79. The average molecular weight is 394 g/mol. The van der Waals surface area contributed by atoms with Crippen LogP contribution < -0.4 is 10.0 Å². The predicted octanol–water partition coefficient (Wildman–Crippen LogP) is 3.50. The molecule has 0 spiro atoms. The molecule has 2 heterocycles. The summed E-state index contributed by atoms with van der Waals surface area (Å²) in [5.41, 5.74) is 8.07. The average Bonchev–Trinajstić information content (AvgIpc) is 2.96. The van der Waals surface area contributed by atoms with E-state index < -0.39 is 10.0 Å². The van der Waals surface area contributed by atoms with Gasteiger partial charge in [-0.3, -0.25) is 4.31 Å². The minimum Gasteiger partial charge on any atom is -0.398 e. The Labute approximate surface area is 134 Å². The maximum Gasteiger partial charge on any atom is 0.273 e. The van der Waals surface area contributed by atoms with Gasteiger partial charge in [0.15, 0.2) is 0 Å². The van der Waals surface area contributed by atoms with Crippen LogP contribution in [0.2, 0.25) is 5.02 Å². The van der Waals surface area contributed by atoms with Crippen LogP contribution in [0, 0.1) is 0 Å². The van der Waals surface area contributed by atoms with E-state index in [9.17, 15) is 8.42 Å². The number of halogens is 2. The lowest BCUT2D eigenvalue weighted by atomic mass is 10.1. The molecular weight excluding hydrogens is 384 g/mol. The number of nitrogens with zero attached hydrogens (tertiary/aromatic N) is 1. The van der Waals surface area contributed by atoms with Crippen LogP contribution in [-0.4, -0.2) is 15.0 Å². The normalized spacial score (nSPS) is 14.6. The van der Waals surface area contributed by atoms with Crippen LogP contribution in [-0.2, 0) is 16.4 Å². The Hall–Kier alpha value is -0.760. The third-order valence-corrected chi connectivity index (χ3v) is 7.93. The molecule has 3 rings (SSSR count). The van der Waals surface area contributed by atoms with E-state index in [1.807, 2.05) is 0 Å². The fourth-order valence-electron chi connectivity index (χ4n) is 2.24. The van der Waals surface area contributed by atoms with Gasteiger partial charge in [0.1, 0.15) is 4.21 Å². The molecule has 0 unspecified atom stereocenters. The number of thiophene rings is 1. The summed E-state index contributed by atoms with van der Waals surface area (Å²) >= 11 is 10.3. The quantitative estimate of drug-likeness (QED) is 0.794. The second-order valence-corrected chi connectivity index (χ2v) is 9.23. The number of sulfonamides is 1. The zero-order valence-corrected chi connectivity index (χ0v) is 14.1. The van der Waals surface area contributed by atoms with Crippen molar-refractivity contribution in [2.45, 2.75) is 10.6 Å². The van der Waals surface area contributed by atoms with Crippen LogP contribution >= 0.6 is 38.9 Å². The highest BCUT2D eigenvalue weighted by atomic mass is 79.9. The molecule has 1 aromatic carbocycles. The molecule has 1 aromatic heterocycles. The van der Waals surface area contributed by atoms with E-state index in [4.69, 9.17) is 17.3 Å². The van der Waals surface area contributed by atoms with Crippen molar-refractivity contribution >= 4 is 60.3 Å². The first-order valence-corrected chi connectivity index (χ1v) is 9.19. The molecule has 2 aromatic rings. The molecular formula is C12H10BrClN2O2S2. The monoisotopic (exact) mass is 392 g/mol. The highest BCUT2D eigenvalue weighted by Gasteiger charge is 2.33. The maximum atomic E-state index is 12.7. The second-order valence-electron chi connectivity index (χ2n) is 4.36. The van der Waals surface area contributed by atoms with Gasteiger partial charge in [0.25, 0.3) is 10.0 Å². The molecule has 20 heavy (non-hydrogen) atoms. The maximum absolute atomic E-state index is 12.7. The minimum absolute atomic E-state index is 0.227. The number of hydrogen-bond acceptors (Lipinski definition) is 4. The second kappa shape index (κ2) is 4.91. The van der Waals surface area contributed by atoms with E-state index in [1.165, 1.54) is 10.4 Å². The molecule has 0 amide bonds. The number of fused-ring (bicyclic) bond motifs is 1. The van der Waals surface area contributed by atoms with Crippen molar-refractivity contribution in [3.05, 3.63) is 38.6 Å². The molecule has 2 N–H and O–H groups in total. The SMILES string of the molecule is Nc1cccc2c1CCN2S(=O)(=O)c1cc(Cl)c(Br)s1. The van der Waals surface area contributed by atoms with E-state index in [0.29, 0.717) is 33.1 Å². The van der Waals surface area contributed by atoms with Crippen LogP contribution in [0.5, 0.6) is 0 Å². The van der Waals surface area contributed by atoms with Crippen LogP contribution in [0.3, 0.4) is 0 Å². The van der Waals surface area contributed by atoms with Gasteiger partial charge in [-0.1, -0.05) is 17.7 Å². The van der Waals surface area contributed by atoms with Crippen molar-refractivity contribution < 1.29 is 8.42 Å². The van der Waals surface area contributed by atoms with E-state index >= 15 is 0 Å². The summed E-state index contributed by atoms with van der Waals surface area (Å²) in [6.45, 7) is 0.402. The Kier molecular flexibility index (Phi) is 3.48. The lowest BCUT2D eigenvalue weighted by molar-refractivity contribution is 0.594. The lowest BCUT2D eigenvalue weighted by Gasteiger charge is -2.18. The van der Waals surface area contributed by atoms with Gasteiger partial charge in [-0.25, -0.2) is 8.42 Å². The molecule has 4 nitrogen and oxygen atoms in total. The van der Waals surface area contributed by atoms with Gasteiger partial charge >= 0.3 is 0 Å².